The standard InChI is InChI=1S/C29H34BrN2O.2C9H5ClN4O4S.Co/c1-31-25-12-11-22(30)19-24(25)29(14-4-3-5-15-29)26(31)13-10-21-18-20-8-6-16-32-17-7-9-23(27(20)32)28(21)33-2;2*10-4-1-5(7(16)2-6(4)15)12-13-9-11-3-8(19-9)14(17)18;/h10-13,18-19H,3-9,14-17H2,1-2H3;2*1-3H,(H2,11,13,15,16);/q+1;;;/p-2. The summed E-state index contributed by atoms with van der Waals surface area (Å²) in [6.45, 7) is 2.38. The first-order valence-electron chi connectivity index (χ1n) is 22.1. The van der Waals surface area contributed by atoms with E-state index in [1.807, 2.05) is 7.11 Å². The average molecular weight is 1160 g/mol. The number of aromatic nitrogens is 2. The molecule has 10 rings (SSSR count). The van der Waals surface area contributed by atoms with E-state index in [9.17, 15) is 40.0 Å². The fourth-order valence-electron chi connectivity index (χ4n) is 9.31. The van der Waals surface area contributed by atoms with Crippen molar-refractivity contribution in [3.05, 3.63) is 145 Å². The molecule has 25 heteroatoms. The summed E-state index contributed by atoms with van der Waals surface area (Å²) < 4.78 is 9.70. The van der Waals surface area contributed by atoms with Crippen LogP contribution in [0.5, 0.6) is 5.75 Å². The van der Waals surface area contributed by atoms with Gasteiger partial charge in [-0.2, -0.15) is 4.58 Å². The molecule has 1 fully saturated rings. The predicted molar refractivity (Wildman–Crippen MR) is 275 cm³/mol. The number of halogens is 3. The Morgan fingerprint density at radius 3 is 1.90 bits per heavy atom. The zero-order chi connectivity index (χ0) is 50.6. The number of benzene rings is 2. The van der Waals surface area contributed by atoms with Gasteiger partial charge in [0.05, 0.1) is 32.4 Å². The van der Waals surface area contributed by atoms with Crippen LogP contribution in [-0.4, -0.2) is 80.6 Å². The number of ketones is 2. The molecule has 1 spiro atoms. The first kappa shape index (κ1) is 53.7. The number of methoxy groups -OCH3 is 1. The van der Waals surface area contributed by atoms with E-state index in [1.165, 1.54) is 108 Å². The second-order valence-electron chi connectivity index (χ2n) is 16.7. The Morgan fingerprint density at radius 2 is 1.38 bits per heavy atom. The van der Waals surface area contributed by atoms with Gasteiger partial charge in [0.15, 0.2) is 5.71 Å². The number of anilines is 1. The largest absolute Gasteiger partial charge is 0.506 e. The molecule has 2 aromatic heterocycles. The number of hydrogen-bond acceptors (Lipinski definition) is 16. The van der Waals surface area contributed by atoms with Crippen LogP contribution < -0.4 is 29.2 Å². The van der Waals surface area contributed by atoms with Crippen molar-refractivity contribution in [2.45, 2.75) is 63.2 Å². The molecule has 5 heterocycles. The van der Waals surface area contributed by atoms with Gasteiger partial charge in [-0.05, 0) is 80.5 Å². The molecule has 3 aliphatic heterocycles. The van der Waals surface area contributed by atoms with Gasteiger partial charge < -0.3 is 40.0 Å². The SMILES string of the molecule is COc1c(/C=C/C2=[N+](C)c3ccc(Br)cc3C23CCCCC3)cc2c3c1CCCN3CCC2.O=C1C=C(O)C(=NN=c2[n-]cc([N+](=O)[O-])s2)C=C1Cl.O=C1C=C(O)C(=NN=c2[n-]cc([N+](=O)[O-])s2)C=C1Cl.[Co]. The summed E-state index contributed by atoms with van der Waals surface area (Å²) in [5, 5.41) is 53.7. The molecular weight excluding hydrogens is 1120 g/mol. The molecule has 1 saturated carbocycles. The van der Waals surface area contributed by atoms with Gasteiger partial charge >= 0.3 is 10.0 Å². The van der Waals surface area contributed by atoms with Crippen LogP contribution in [0, 0.1) is 20.2 Å². The van der Waals surface area contributed by atoms with Gasteiger partial charge in [-0.1, -0.05) is 81.1 Å². The predicted octanol–water partition coefficient (Wildman–Crippen LogP) is 8.83. The van der Waals surface area contributed by atoms with E-state index in [2.05, 4.69) is 99.2 Å². The smallest absolute Gasteiger partial charge is 0.319 e. The van der Waals surface area contributed by atoms with Gasteiger partial charge in [0, 0.05) is 103 Å². The topological polar surface area (TPSA) is 254 Å². The number of fused-ring (bicyclic) bond motifs is 2. The van der Waals surface area contributed by atoms with Crippen molar-refractivity contribution in [3.8, 4) is 5.75 Å². The van der Waals surface area contributed by atoms with Crippen molar-refractivity contribution in [2.75, 3.05) is 32.1 Å². The van der Waals surface area contributed by atoms with E-state index in [1.54, 1.807) is 0 Å². The minimum atomic E-state index is -0.600. The van der Waals surface area contributed by atoms with Gasteiger partial charge in [-0.3, -0.25) is 40.0 Å². The third kappa shape index (κ3) is 11.6. The minimum absolute atomic E-state index is 0. The molecule has 0 atom stereocenters. The Hall–Kier alpha value is -6.08. The number of carbonyl (C=O) groups excluding carboxylic acids is 2. The first-order valence-corrected chi connectivity index (χ1v) is 25.2. The monoisotopic (exact) mass is 1160 g/mol. The van der Waals surface area contributed by atoms with Gasteiger partial charge in [0.2, 0.25) is 17.3 Å². The molecular formula is C47H42BrCl2CoN10O9S2-. The molecule has 72 heavy (non-hydrogen) atoms. The average Bonchev–Trinajstić information content (AvgIpc) is 4.09. The summed E-state index contributed by atoms with van der Waals surface area (Å²) in [5.41, 5.74) is 10.1. The van der Waals surface area contributed by atoms with E-state index in [-0.39, 0.29) is 74.8 Å². The molecule has 0 amide bonds. The number of allylic oxidation sites excluding steroid dienone is 7. The van der Waals surface area contributed by atoms with Crippen LogP contribution in [0.4, 0.5) is 21.4 Å². The Balaban J connectivity index is 0.000000169. The Bertz CT molecular complexity index is 3160. The maximum Gasteiger partial charge on any atom is 0.319 e. The number of ether oxygens (including phenoxy) is 1. The van der Waals surface area contributed by atoms with Crippen LogP contribution in [0.25, 0.3) is 6.08 Å². The molecule has 0 unspecified atom stereocenters. The molecule has 19 nitrogen and oxygen atoms in total. The van der Waals surface area contributed by atoms with Crippen LogP contribution in [0.1, 0.15) is 67.2 Å². The first-order chi connectivity index (χ1) is 34.1. The third-order valence-electron chi connectivity index (χ3n) is 12.4. The van der Waals surface area contributed by atoms with Crippen LogP contribution >= 0.6 is 61.8 Å². The molecule has 377 valence electrons. The van der Waals surface area contributed by atoms with Crippen LogP contribution in [0.3, 0.4) is 0 Å². The molecule has 1 radical (unpaired) electrons. The van der Waals surface area contributed by atoms with E-state index in [4.69, 9.17) is 27.9 Å². The van der Waals surface area contributed by atoms with E-state index in [0.717, 1.165) is 71.5 Å². The number of carbonyl (C=O) groups is 2. The molecule has 0 bridgehead atoms. The van der Waals surface area contributed by atoms with E-state index in [0.29, 0.717) is 0 Å². The van der Waals surface area contributed by atoms with E-state index < -0.39 is 21.4 Å². The van der Waals surface area contributed by atoms with Crippen molar-refractivity contribution in [3.63, 3.8) is 0 Å². The number of nitrogens with zero attached hydrogens (tertiary/aromatic N) is 10. The number of rotatable bonds is 7. The molecule has 2 aromatic carbocycles. The van der Waals surface area contributed by atoms with Crippen LogP contribution in [-0.2, 0) is 44.6 Å². The second kappa shape index (κ2) is 23.2. The summed E-state index contributed by atoms with van der Waals surface area (Å²) in [4.78, 5) is 51.9. The number of aryl methyl sites for hydroxylation is 1. The van der Waals surface area contributed by atoms with Crippen molar-refractivity contribution in [1.29, 1.82) is 0 Å². The summed E-state index contributed by atoms with van der Waals surface area (Å²) >= 11 is 16.4. The molecule has 6 aliphatic rings. The zero-order valence-corrected chi connectivity index (χ0v) is 44.0. The molecule has 2 N–H and O–H groups in total. The number of aliphatic hydroxyl groups is 2. The van der Waals surface area contributed by atoms with Crippen LogP contribution in [0.2, 0.25) is 0 Å². The van der Waals surface area contributed by atoms with Gasteiger partial charge in [0.1, 0.15) is 35.7 Å². The summed E-state index contributed by atoms with van der Waals surface area (Å²) in [6.07, 6.45) is 22.2. The molecule has 3 aliphatic carbocycles. The third-order valence-corrected chi connectivity index (χ3v) is 15.1. The Morgan fingerprint density at radius 1 is 0.819 bits per heavy atom. The second-order valence-corrected chi connectivity index (χ2v) is 20.4. The normalized spacial score (nSPS) is 19.4. The number of nitro groups is 2. The Labute approximate surface area is 447 Å². The zero-order valence-electron chi connectivity index (χ0n) is 38.2. The van der Waals surface area contributed by atoms with Gasteiger partial charge in [-0.25, -0.2) is 0 Å². The van der Waals surface area contributed by atoms with Crippen molar-refractivity contribution < 1.29 is 55.7 Å². The molecule has 0 saturated heterocycles. The van der Waals surface area contributed by atoms with Crippen molar-refractivity contribution in [2.24, 2.45) is 20.4 Å². The van der Waals surface area contributed by atoms with Gasteiger partial charge in [0.25, 0.3) is 0 Å². The summed E-state index contributed by atoms with van der Waals surface area (Å²) in [5.74, 6) is -0.754. The number of thiazole rings is 2. The molecule has 4 aromatic rings. The minimum Gasteiger partial charge on any atom is -0.506 e. The van der Waals surface area contributed by atoms with Crippen LogP contribution in [0.15, 0.2) is 114 Å². The quantitative estimate of drug-likeness (QED) is 0.0762. The maximum absolute atomic E-state index is 11.1. The fourth-order valence-corrected chi connectivity index (χ4v) is 11.1. The maximum atomic E-state index is 11.1. The van der Waals surface area contributed by atoms with E-state index >= 15 is 0 Å². The number of aliphatic hydroxyl groups excluding tert-OH is 2. The summed E-state index contributed by atoms with van der Waals surface area (Å²) in [7, 11) is 4.10. The van der Waals surface area contributed by atoms with Crippen molar-refractivity contribution >= 4 is 118 Å². The fraction of sp³-hybridized carbons (Fsp3) is 0.298. The number of hydrogen-bond donors (Lipinski definition) is 2. The van der Waals surface area contributed by atoms with Gasteiger partial charge in [-0.15, -0.1) is 0 Å². The van der Waals surface area contributed by atoms with Crippen molar-refractivity contribution in [1.82, 2.24) is 9.97 Å². The summed E-state index contributed by atoms with van der Waals surface area (Å²) in [6, 6.07) is 9.25. The Kier molecular flexibility index (Phi) is 17.3.